The van der Waals surface area contributed by atoms with Crippen LogP contribution in [0, 0.1) is 5.82 Å². The van der Waals surface area contributed by atoms with Crippen LogP contribution in [0.5, 0.6) is 0 Å². The van der Waals surface area contributed by atoms with E-state index in [1.165, 1.54) is 19.2 Å². The molecule has 4 nitrogen and oxygen atoms in total. The Bertz CT molecular complexity index is 428. The van der Waals surface area contributed by atoms with Crippen molar-refractivity contribution in [1.29, 1.82) is 0 Å². The summed E-state index contributed by atoms with van der Waals surface area (Å²) in [6.45, 7) is 5.11. The maximum Gasteiger partial charge on any atom is 0.322 e. The molecule has 0 bridgehead atoms. The summed E-state index contributed by atoms with van der Waals surface area (Å²) in [5, 5.41) is 0. The number of rotatable bonds is 3. The second kappa shape index (κ2) is 6.02. The Balaban J connectivity index is 1.92. The van der Waals surface area contributed by atoms with Gasteiger partial charge in [0.25, 0.3) is 0 Å². The van der Waals surface area contributed by atoms with E-state index in [0.717, 1.165) is 31.9 Å². The molecule has 1 atom stereocenters. The van der Waals surface area contributed by atoms with Crippen molar-refractivity contribution in [3.05, 3.63) is 30.1 Å². The predicted molar refractivity (Wildman–Crippen MR) is 71.7 cm³/mol. The number of ether oxygens (including phenoxy) is 1. The highest BCUT2D eigenvalue weighted by atomic mass is 19.1. The molecule has 5 heteroatoms. The van der Waals surface area contributed by atoms with Gasteiger partial charge in [-0.2, -0.15) is 0 Å². The molecule has 1 aliphatic heterocycles. The van der Waals surface area contributed by atoms with Crippen LogP contribution in [0.25, 0.3) is 0 Å². The van der Waals surface area contributed by atoms with Crippen LogP contribution < -0.4 is 4.90 Å². The Morgan fingerprint density at radius 3 is 2.32 bits per heavy atom. The number of carbonyl (C=O) groups is 1. The topological polar surface area (TPSA) is 32.8 Å². The molecule has 0 spiro atoms. The van der Waals surface area contributed by atoms with Crippen molar-refractivity contribution in [2.75, 3.05) is 38.2 Å². The standard InChI is InChI=1S/C14H19FN2O2/c1-11(14(18)19-2)16-7-9-17(10-8-16)13-5-3-12(15)4-6-13/h3-6,11H,7-10H2,1-2H3/t11-/m0/s1. The fraction of sp³-hybridized carbons (Fsp3) is 0.500. The van der Waals surface area contributed by atoms with E-state index in [4.69, 9.17) is 4.74 Å². The van der Waals surface area contributed by atoms with Crippen LogP contribution in [0.3, 0.4) is 0 Å². The zero-order valence-electron chi connectivity index (χ0n) is 11.3. The second-order valence-electron chi connectivity index (χ2n) is 4.70. The van der Waals surface area contributed by atoms with Crippen molar-refractivity contribution >= 4 is 11.7 Å². The molecule has 0 amide bonds. The Hall–Kier alpha value is -1.62. The lowest BCUT2D eigenvalue weighted by Gasteiger charge is -2.38. The van der Waals surface area contributed by atoms with E-state index >= 15 is 0 Å². The predicted octanol–water partition coefficient (Wildman–Crippen LogP) is 1.51. The van der Waals surface area contributed by atoms with Crippen molar-refractivity contribution in [3.8, 4) is 0 Å². The zero-order chi connectivity index (χ0) is 13.8. The average molecular weight is 266 g/mol. The van der Waals surface area contributed by atoms with Crippen LogP contribution in [-0.4, -0.2) is 50.2 Å². The summed E-state index contributed by atoms with van der Waals surface area (Å²) in [7, 11) is 1.41. The third-order valence-electron chi connectivity index (χ3n) is 3.60. The number of hydrogen-bond donors (Lipinski definition) is 0. The smallest absolute Gasteiger partial charge is 0.322 e. The van der Waals surface area contributed by atoms with Crippen LogP contribution in [0.4, 0.5) is 10.1 Å². The minimum Gasteiger partial charge on any atom is -0.468 e. The number of halogens is 1. The van der Waals surface area contributed by atoms with Gasteiger partial charge in [-0.1, -0.05) is 0 Å². The van der Waals surface area contributed by atoms with Gasteiger partial charge in [-0.15, -0.1) is 0 Å². The van der Waals surface area contributed by atoms with Gasteiger partial charge in [0.05, 0.1) is 7.11 Å². The lowest BCUT2D eigenvalue weighted by Crippen LogP contribution is -2.52. The molecule has 0 radical (unpaired) electrons. The molecule has 1 saturated heterocycles. The lowest BCUT2D eigenvalue weighted by atomic mass is 10.2. The largest absolute Gasteiger partial charge is 0.468 e. The van der Waals surface area contributed by atoms with Gasteiger partial charge in [-0.25, -0.2) is 4.39 Å². The second-order valence-corrected chi connectivity index (χ2v) is 4.70. The van der Waals surface area contributed by atoms with Crippen molar-refractivity contribution < 1.29 is 13.9 Å². The molecule has 0 saturated carbocycles. The highest BCUT2D eigenvalue weighted by molar-refractivity contribution is 5.75. The van der Waals surface area contributed by atoms with Crippen LogP contribution in [-0.2, 0) is 9.53 Å². The number of piperazine rings is 1. The maximum absolute atomic E-state index is 12.9. The Morgan fingerprint density at radius 2 is 1.79 bits per heavy atom. The fourth-order valence-corrected chi connectivity index (χ4v) is 2.34. The van der Waals surface area contributed by atoms with Gasteiger partial charge in [-0.3, -0.25) is 9.69 Å². The number of hydrogen-bond acceptors (Lipinski definition) is 4. The first kappa shape index (κ1) is 13.8. The number of anilines is 1. The Labute approximate surface area is 112 Å². The number of benzene rings is 1. The average Bonchev–Trinajstić information content (AvgIpc) is 2.46. The van der Waals surface area contributed by atoms with E-state index in [1.807, 2.05) is 6.92 Å². The van der Waals surface area contributed by atoms with Crippen molar-refractivity contribution in [2.24, 2.45) is 0 Å². The maximum atomic E-state index is 12.9. The zero-order valence-corrected chi connectivity index (χ0v) is 11.3. The van der Waals surface area contributed by atoms with Gasteiger partial charge >= 0.3 is 5.97 Å². The molecular weight excluding hydrogens is 247 g/mol. The van der Waals surface area contributed by atoms with Gasteiger partial charge in [0.1, 0.15) is 11.9 Å². The van der Waals surface area contributed by atoms with E-state index in [9.17, 15) is 9.18 Å². The van der Waals surface area contributed by atoms with E-state index < -0.39 is 0 Å². The summed E-state index contributed by atoms with van der Waals surface area (Å²) in [4.78, 5) is 15.8. The summed E-state index contributed by atoms with van der Waals surface area (Å²) in [6.07, 6.45) is 0. The number of esters is 1. The summed E-state index contributed by atoms with van der Waals surface area (Å²) >= 11 is 0. The van der Waals surface area contributed by atoms with Crippen LogP contribution >= 0.6 is 0 Å². The summed E-state index contributed by atoms with van der Waals surface area (Å²) in [6, 6.07) is 6.31. The molecule has 0 N–H and O–H groups in total. The number of carbonyl (C=O) groups excluding carboxylic acids is 1. The molecular formula is C14H19FN2O2. The number of methoxy groups -OCH3 is 1. The first-order chi connectivity index (χ1) is 9.11. The molecule has 19 heavy (non-hydrogen) atoms. The summed E-state index contributed by atoms with van der Waals surface area (Å²) in [5.41, 5.74) is 1.02. The van der Waals surface area contributed by atoms with Gasteiger partial charge < -0.3 is 9.64 Å². The molecule has 0 aromatic heterocycles. The summed E-state index contributed by atoms with van der Waals surface area (Å²) in [5.74, 6) is -0.420. The normalized spacial score (nSPS) is 18.2. The molecule has 1 aromatic carbocycles. The van der Waals surface area contributed by atoms with Gasteiger partial charge in [0, 0.05) is 31.9 Å². The molecule has 1 aliphatic rings. The van der Waals surface area contributed by atoms with Gasteiger partial charge in [-0.05, 0) is 31.2 Å². The monoisotopic (exact) mass is 266 g/mol. The molecule has 1 heterocycles. The van der Waals surface area contributed by atoms with Crippen molar-refractivity contribution in [1.82, 2.24) is 4.90 Å². The molecule has 0 aliphatic carbocycles. The fourth-order valence-electron chi connectivity index (χ4n) is 2.34. The number of nitrogens with zero attached hydrogens (tertiary/aromatic N) is 2. The van der Waals surface area contributed by atoms with Crippen LogP contribution in [0.1, 0.15) is 6.92 Å². The first-order valence-corrected chi connectivity index (χ1v) is 6.44. The van der Waals surface area contributed by atoms with E-state index in [1.54, 1.807) is 12.1 Å². The lowest BCUT2D eigenvalue weighted by molar-refractivity contribution is -0.146. The van der Waals surface area contributed by atoms with Crippen LogP contribution in [0.15, 0.2) is 24.3 Å². The Kier molecular flexibility index (Phi) is 4.37. The van der Waals surface area contributed by atoms with E-state index in [-0.39, 0.29) is 17.8 Å². The highest BCUT2D eigenvalue weighted by Gasteiger charge is 2.26. The van der Waals surface area contributed by atoms with E-state index in [0.29, 0.717) is 0 Å². The molecule has 0 unspecified atom stereocenters. The first-order valence-electron chi connectivity index (χ1n) is 6.44. The minimum absolute atomic E-state index is 0.199. The van der Waals surface area contributed by atoms with Gasteiger partial charge in [0.15, 0.2) is 0 Å². The highest BCUT2D eigenvalue weighted by Crippen LogP contribution is 2.17. The third-order valence-corrected chi connectivity index (χ3v) is 3.60. The van der Waals surface area contributed by atoms with Gasteiger partial charge in [0.2, 0.25) is 0 Å². The Morgan fingerprint density at radius 1 is 1.21 bits per heavy atom. The van der Waals surface area contributed by atoms with E-state index in [2.05, 4.69) is 9.80 Å². The molecule has 1 aromatic rings. The SMILES string of the molecule is COC(=O)[C@H](C)N1CCN(c2ccc(F)cc2)CC1. The van der Waals surface area contributed by atoms with Crippen molar-refractivity contribution in [3.63, 3.8) is 0 Å². The quantitative estimate of drug-likeness (QED) is 0.776. The van der Waals surface area contributed by atoms with Crippen molar-refractivity contribution in [2.45, 2.75) is 13.0 Å². The molecule has 2 rings (SSSR count). The molecule has 104 valence electrons. The minimum atomic E-state index is -0.221. The van der Waals surface area contributed by atoms with Crippen LogP contribution in [0.2, 0.25) is 0 Å². The molecule has 1 fully saturated rings. The summed E-state index contributed by atoms with van der Waals surface area (Å²) < 4.78 is 17.6. The third kappa shape index (κ3) is 3.23.